The largest absolute Gasteiger partial charge is 0.495 e. The zero-order valence-electron chi connectivity index (χ0n) is 4.93. The lowest BCUT2D eigenvalue weighted by Gasteiger charge is -1.91. The Morgan fingerprint density at radius 2 is 2.25 bits per heavy atom. The van der Waals surface area contributed by atoms with Crippen LogP contribution >= 0.6 is 0 Å². The molecule has 0 bridgehead atoms. The minimum Gasteiger partial charge on any atom is -0.495 e. The summed E-state index contributed by atoms with van der Waals surface area (Å²) in [6.07, 6.45) is 1.11. The Balaban J connectivity index is 3.75. The highest BCUT2D eigenvalue weighted by Crippen LogP contribution is 1.78. The first-order chi connectivity index (χ1) is 3.66. The Morgan fingerprint density at radius 1 is 1.75 bits per heavy atom. The van der Waals surface area contributed by atoms with E-state index < -0.39 is 0 Å². The van der Waals surface area contributed by atoms with Gasteiger partial charge in [0.25, 0.3) is 0 Å². The average Bonchev–Trinajstić information content (AvgIpc) is 1.65. The second-order valence-corrected chi connectivity index (χ2v) is 1.39. The highest BCUT2D eigenvalue weighted by molar-refractivity contribution is 5.87. The standard InChI is InChI=1S/C5H9NO2/c1-4(7)3-5(8)6-2/h3,6,8H,1-2H3/b5-3+. The minimum absolute atomic E-state index is 0.0995. The van der Waals surface area contributed by atoms with Gasteiger partial charge < -0.3 is 10.4 Å². The normalized spacial score (nSPS) is 11.0. The molecule has 8 heavy (non-hydrogen) atoms. The molecule has 0 aromatic rings. The third-order valence-corrected chi connectivity index (χ3v) is 0.596. The van der Waals surface area contributed by atoms with E-state index in [0.29, 0.717) is 0 Å². The number of aliphatic hydroxyl groups excluding tert-OH is 1. The number of ketones is 1. The second kappa shape index (κ2) is 3.07. The molecule has 0 saturated carbocycles. The van der Waals surface area contributed by atoms with Crippen LogP contribution in [0.3, 0.4) is 0 Å². The summed E-state index contributed by atoms with van der Waals surface area (Å²) in [6.45, 7) is 1.37. The molecule has 3 nitrogen and oxygen atoms in total. The maximum Gasteiger partial charge on any atom is 0.187 e. The van der Waals surface area contributed by atoms with E-state index in [1.165, 1.54) is 14.0 Å². The fraction of sp³-hybridized carbons (Fsp3) is 0.400. The van der Waals surface area contributed by atoms with Crippen molar-refractivity contribution in [1.82, 2.24) is 5.32 Å². The topological polar surface area (TPSA) is 49.3 Å². The van der Waals surface area contributed by atoms with Crippen LogP contribution in [0.1, 0.15) is 6.92 Å². The zero-order valence-corrected chi connectivity index (χ0v) is 4.93. The van der Waals surface area contributed by atoms with E-state index in [2.05, 4.69) is 5.32 Å². The first-order valence-corrected chi connectivity index (χ1v) is 2.26. The third-order valence-electron chi connectivity index (χ3n) is 0.596. The zero-order chi connectivity index (χ0) is 6.57. The van der Waals surface area contributed by atoms with Gasteiger partial charge in [-0.2, -0.15) is 0 Å². The molecule has 46 valence electrons. The molecule has 0 aliphatic rings. The lowest BCUT2D eigenvalue weighted by Crippen LogP contribution is -2.05. The van der Waals surface area contributed by atoms with Gasteiger partial charge in [-0.25, -0.2) is 0 Å². The van der Waals surface area contributed by atoms with E-state index in [9.17, 15) is 4.79 Å². The van der Waals surface area contributed by atoms with E-state index in [0.717, 1.165) is 6.08 Å². The summed E-state index contributed by atoms with van der Waals surface area (Å²) in [4.78, 5) is 10.1. The van der Waals surface area contributed by atoms with Gasteiger partial charge in [-0.15, -0.1) is 0 Å². The number of hydrogen-bond acceptors (Lipinski definition) is 3. The van der Waals surface area contributed by atoms with E-state index in [4.69, 9.17) is 5.11 Å². The SMILES string of the molecule is CN/C(O)=C\C(C)=O. The van der Waals surface area contributed by atoms with Crippen molar-refractivity contribution in [1.29, 1.82) is 0 Å². The van der Waals surface area contributed by atoms with E-state index in [1.807, 2.05) is 0 Å². The van der Waals surface area contributed by atoms with Crippen molar-refractivity contribution in [3.8, 4) is 0 Å². The molecule has 0 fully saturated rings. The number of nitrogens with one attached hydrogen (secondary N) is 1. The van der Waals surface area contributed by atoms with Crippen LogP contribution in [0, 0.1) is 0 Å². The molecule has 0 atom stereocenters. The average molecular weight is 115 g/mol. The van der Waals surface area contributed by atoms with Crippen molar-refractivity contribution < 1.29 is 9.90 Å². The van der Waals surface area contributed by atoms with E-state index in [-0.39, 0.29) is 11.7 Å². The van der Waals surface area contributed by atoms with Gasteiger partial charge in [-0.1, -0.05) is 0 Å². The van der Waals surface area contributed by atoms with Gasteiger partial charge in [0.1, 0.15) is 0 Å². The molecule has 0 aromatic heterocycles. The molecule has 0 aliphatic heterocycles. The summed E-state index contributed by atoms with van der Waals surface area (Å²) in [5, 5.41) is 10.9. The Hall–Kier alpha value is -0.990. The van der Waals surface area contributed by atoms with Crippen molar-refractivity contribution in [3.63, 3.8) is 0 Å². The lowest BCUT2D eigenvalue weighted by atomic mass is 10.4. The maximum absolute atomic E-state index is 10.1. The molecule has 0 rings (SSSR count). The summed E-state index contributed by atoms with van der Waals surface area (Å²) in [6, 6.07) is 0. The predicted molar refractivity (Wildman–Crippen MR) is 30.5 cm³/mol. The van der Waals surface area contributed by atoms with Crippen molar-refractivity contribution in [3.05, 3.63) is 12.0 Å². The van der Waals surface area contributed by atoms with Gasteiger partial charge in [-0.05, 0) is 6.92 Å². The van der Waals surface area contributed by atoms with Crippen LogP contribution in [0.4, 0.5) is 0 Å². The molecule has 0 aliphatic carbocycles. The molecule has 2 N–H and O–H groups in total. The number of hydrogen-bond donors (Lipinski definition) is 2. The Labute approximate surface area is 48.0 Å². The fourth-order valence-electron chi connectivity index (χ4n) is 0.265. The van der Waals surface area contributed by atoms with Crippen molar-refractivity contribution >= 4 is 5.78 Å². The van der Waals surface area contributed by atoms with Gasteiger partial charge in [0.05, 0.1) is 0 Å². The van der Waals surface area contributed by atoms with Crippen molar-refractivity contribution in [2.45, 2.75) is 6.92 Å². The monoisotopic (exact) mass is 115 g/mol. The molecule has 0 saturated heterocycles. The number of allylic oxidation sites excluding steroid dienone is 1. The van der Waals surface area contributed by atoms with Crippen LogP contribution in [0.15, 0.2) is 12.0 Å². The lowest BCUT2D eigenvalue weighted by molar-refractivity contribution is -0.112. The number of aliphatic hydroxyl groups is 1. The summed E-state index contributed by atoms with van der Waals surface area (Å²) in [5.41, 5.74) is 0. The Kier molecular flexibility index (Phi) is 2.69. The highest BCUT2D eigenvalue weighted by Gasteiger charge is 1.87. The summed E-state index contributed by atoms with van der Waals surface area (Å²) < 4.78 is 0. The van der Waals surface area contributed by atoms with Crippen molar-refractivity contribution in [2.75, 3.05) is 7.05 Å². The Morgan fingerprint density at radius 3 is 2.38 bits per heavy atom. The predicted octanol–water partition coefficient (Wildman–Crippen LogP) is 0.194. The summed E-state index contributed by atoms with van der Waals surface area (Å²) in [5.74, 6) is -0.269. The molecular formula is C5H9NO2. The summed E-state index contributed by atoms with van der Waals surface area (Å²) in [7, 11) is 1.54. The van der Waals surface area contributed by atoms with Crippen LogP contribution in [0.25, 0.3) is 0 Å². The summed E-state index contributed by atoms with van der Waals surface area (Å²) >= 11 is 0. The highest BCUT2D eigenvalue weighted by atomic mass is 16.3. The quantitative estimate of drug-likeness (QED) is 0.399. The second-order valence-electron chi connectivity index (χ2n) is 1.39. The fourth-order valence-corrected chi connectivity index (χ4v) is 0.265. The number of carbonyl (C=O) groups excluding carboxylic acids is 1. The molecule has 0 aromatic carbocycles. The van der Waals surface area contributed by atoms with Crippen LogP contribution in [-0.4, -0.2) is 17.9 Å². The maximum atomic E-state index is 10.1. The number of carbonyl (C=O) groups is 1. The van der Waals surface area contributed by atoms with Crippen LogP contribution in [0.5, 0.6) is 0 Å². The van der Waals surface area contributed by atoms with Gasteiger partial charge in [-0.3, -0.25) is 4.79 Å². The van der Waals surface area contributed by atoms with E-state index >= 15 is 0 Å². The van der Waals surface area contributed by atoms with Gasteiger partial charge in [0.15, 0.2) is 11.7 Å². The van der Waals surface area contributed by atoms with Crippen LogP contribution in [-0.2, 0) is 4.79 Å². The molecule has 0 amide bonds. The van der Waals surface area contributed by atoms with Gasteiger partial charge >= 0.3 is 0 Å². The molecule has 0 radical (unpaired) electrons. The molecule has 3 heteroatoms. The minimum atomic E-state index is -0.170. The molecular weight excluding hydrogens is 106 g/mol. The smallest absolute Gasteiger partial charge is 0.187 e. The third kappa shape index (κ3) is 3.21. The molecule has 0 unspecified atom stereocenters. The van der Waals surface area contributed by atoms with E-state index in [1.54, 1.807) is 0 Å². The van der Waals surface area contributed by atoms with Crippen LogP contribution < -0.4 is 5.32 Å². The molecule has 0 spiro atoms. The van der Waals surface area contributed by atoms with Crippen LogP contribution in [0.2, 0.25) is 0 Å². The van der Waals surface area contributed by atoms with Crippen molar-refractivity contribution in [2.24, 2.45) is 0 Å². The number of rotatable bonds is 2. The van der Waals surface area contributed by atoms with Gasteiger partial charge in [0, 0.05) is 13.1 Å². The first-order valence-electron chi connectivity index (χ1n) is 2.26. The first kappa shape index (κ1) is 7.01. The van der Waals surface area contributed by atoms with Gasteiger partial charge in [0.2, 0.25) is 0 Å². The Bertz CT molecular complexity index is 118. The molecule has 0 heterocycles.